The molecule has 1 heterocycles. The Morgan fingerprint density at radius 2 is 1.72 bits per heavy atom. The van der Waals surface area contributed by atoms with Gasteiger partial charge in [-0.1, -0.05) is 39.0 Å². The Balaban J connectivity index is 2.22. The number of methoxy groups -OCH3 is 2. The number of benzene rings is 2. The average Bonchev–Trinajstić information content (AvgIpc) is 3.32. The number of ether oxygens (including phenoxy) is 2. The highest BCUT2D eigenvalue weighted by molar-refractivity contribution is 7.09. The Labute approximate surface area is 232 Å². The van der Waals surface area contributed by atoms with Gasteiger partial charge in [0.25, 0.3) is 11.8 Å². The summed E-state index contributed by atoms with van der Waals surface area (Å²) >= 11 is 0.760. The standard InChI is InChI=1S/C28H35N5O5S/c1-6-17-7-10-19(11-8-17)33(28(36)25-22(29)23(26(30)34)32-39-25)24(27(35)31-14-13-16(2)3)18-9-12-20(37-4)21(15-18)38-5/h7-12,15-16,24H,6,13-14,29H2,1-5H3,(H2,30,34)(H,31,35). The summed E-state index contributed by atoms with van der Waals surface area (Å²) in [6.07, 6.45) is 1.56. The van der Waals surface area contributed by atoms with Gasteiger partial charge in [-0.05, 0) is 65.7 Å². The summed E-state index contributed by atoms with van der Waals surface area (Å²) in [4.78, 5) is 41.2. The second-order valence-electron chi connectivity index (χ2n) is 9.32. The first-order valence-corrected chi connectivity index (χ1v) is 13.4. The lowest BCUT2D eigenvalue weighted by atomic mass is 10.0. The summed E-state index contributed by atoms with van der Waals surface area (Å²) in [6.45, 7) is 6.57. The van der Waals surface area contributed by atoms with Gasteiger partial charge in [-0.15, -0.1) is 0 Å². The summed E-state index contributed by atoms with van der Waals surface area (Å²) in [6, 6.07) is 11.3. The van der Waals surface area contributed by atoms with Crippen molar-refractivity contribution in [2.45, 2.75) is 39.7 Å². The minimum absolute atomic E-state index is 0.00354. The molecule has 1 unspecified atom stereocenters. The highest BCUT2D eigenvalue weighted by Gasteiger charge is 2.36. The molecule has 0 radical (unpaired) electrons. The number of primary amides is 1. The van der Waals surface area contributed by atoms with Crippen molar-refractivity contribution in [3.05, 3.63) is 64.2 Å². The van der Waals surface area contributed by atoms with Crippen LogP contribution in [-0.4, -0.2) is 42.9 Å². The number of anilines is 2. The SMILES string of the molecule is CCc1ccc(N(C(=O)c2snc(C(N)=O)c2N)C(C(=O)NCCC(C)C)c2ccc(OC)c(OC)c2)cc1. The first-order chi connectivity index (χ1) is 18.6. The van der Waals surface area contributed by atoms with Crippen LogP contribution in [0.15, 0.2) is 42.5 Å². The highest BCUT2D eigenvalue weighted by Crippen LogP contribution is 2.36. The number of hydrogen-bond donors (Lipinski definition) is 3. The molecule has 0 fully saturated rings. The van der Waals surface area contributed by atoms with Crippen LogP contribution in [-0.2, 0) is 11.2 Å². The molecule has 1 aromatic heterocycles. The zero-order chi connectivity index (χ0) is 28.7. The van der Waals surface area contributed by atoms with E-state index in [9.17, 15) is 14.4 Å². The van der Waals surface area contributed by atoms with E-state index in [0.717, 1.165) is 29.9 Å². The van der Waals surface area contributed by atoms with Crippen LogP contribution in [0, 0.1) is 5.92 Å². The van der Waals surface area contributed by atoms with E-state index in [2.05, 4.69) is 23.5 Å². The van der Waals surface area contributed by atoms with Gasteiger partial charge in [0, 0.05) is 12.2 Å². The highest BCUT2D eigenvalue weighted by atomic mass is 32.1. The molecule has 10 nitrogen and oxygen atoms in total. The van der Waals surface area contributed by atoms with Gasteiger partial charge in [0.15, 0.2) is 17.2 Å². The van der Waals surface area contributed by atoms with E-state index in [-0.39, 0.29) is 16.3 Å². The first-order valence-electron chi connectivity index (χ1n) is 12.6. The van der Waals surface area contributed by atoms with Gasteiger partial charge in [-0.25, -0.2) is 0 Å². The van der Waals surface area contributed by atoms with Gasteiger partial charge in [-0.3, -0.25) is 19.3 Å². The van der Waals surface area contributed by atoms with Crippen molar-refractivity contribution in [1.82, 2.24) is 9.69 Å². The van der Waals surface area contributed by atoms with Crippen molar-refractivity contribution in [1.29, 1.82) is 0 Å². The number of aryl methyl sites for hydroxylation is 1. The van der Waals surface area contributed by atoms with Crippen molar-refractivity contribution in [2.75, 3.05) is 31.4 Å². The molecule has 0 saturated heterocycles. The summed E-state index contributed by atoms with van der Waals surface area (Å²) in [5.41, 5.74) is 13.2. The maximum absolute atomic E-state index is 14.2. The Kier molecular flexibility index (Phi) is 9.89. The van der Waals surface area contributed by atoms with Crippen LogP contribution in [0.3, 0.4) is 0 Å². The van der Waals surface area contributed by atoms with Crippen LogP contribution in [0.5, 0.6) is 11.5 Å². The van der Waals surface area contributed by atoms with Crippen LogP contribution >= 0.6 is 11.5 Å². The van der Waals surface area contributed by atoms with Gasteiger partial charge < -0.3 is 26.3 Å². The third-order valence-electron chi connectivity index (χ3n) is 6.25. The lowest BCUT2D eigenvalue weighted by Gasteiger charge is -2.32. The molecule has 3 aromatic rings. The number of nitrogens with two attached hydrogens (primary N) is 2. The number of carbonyl (C=O) groups is 3. The van der Waals surface area contributed by atoms with Crippen LogP contribution in [0.25, 0.3) is 0 Å². The van der Waals surface area contributed by atoms with Crippen molar-refractivity contribution < 1.29 is 23.9 Å². The fraction of sp³-hybridized carbons (Fsp3) is 0.357. The zero-order valence-corrected chi connectivity index (χ0v) is 23.6. The van der Waals surface area contributed by atoms with Gasteiger partial charge in [0.05, 0.1) is 19.9 Å². The van der Waals surface area contributed by atoms with Crippen molar-refractivity contribution in [2.24, 2.45) is 11.7 Å². The lowest BCUT2D eigenvalue weighted by Crippen LogP contribution is -2.44. The molecule has 0 bridgehead atoms. The van der Waals surface area contributed by atoms with Crippen LogP contribution in [0.2, 0.25) is 0 Å². The maximum atomic E-state index is 14.2. The van der Waals surface area contributed by atoms with Gasteiger partial charge in [-0.2, -0.15) is 4.37 Å². The van der Waals surface area contributed by atoms with Crippen molar-refractivity contribution in [3.63, 3.8) is 0 Å². The molecule has 39 heavy (non-hydrogen) atoms. The Bertz CT molecular complexity index is 1320. The summed E-state index contributed by atoms with van der Waals surface area (Å²) in [5.74, 6) is -0.590. The summed E-state index contributed by atoms with van der Waals surface area (Å²) in [5, 5.41) is 2.97. The molecule has 0 saturated carbocycles. The second kappa shape index (κ2) is 13.1. The number of nitrogens with zero attached hydrogens (tertiary/aromatic N) is 2. The minimum atomic E-state index is -1.12. The van der Waals surface area contributed by atoms with E-state index in [4.69, 9.17) is 20.9 Å². The van der Waals surface area contributed by atoms with Gasteiger partial charge in [0.1, 0.15) is 10.9 Å². The van der Waals surface area contributed by atoms with Gasteiger partial charge in [0.2, 0.25) is 5.91 Å². The summed E-state index contributed by atoms with van der Waals surface area (Å²) in [7, 11) is 3.01. The third kappa shape index (κ3) is 6.66. The minimum Gasteiger partial charge on any atom is -0.493 e. The number of carbonyl (C=O) groups excluding carboxylic acids is 3. The van der Waals surface area contributed by atoms with Crippen molar-refractivity contribution >= 4 is 40.6 Å². The number of hydrogen-bond acceptors (Lipinski definition) is 8. The topological polar surface area (TPSA) is 150 Å². The molecule has 0 aliphatic carbocycles. The number of aromatic nitrogens is 1. The van der Waals surface area contributed by atoms with E-state index in [1.165, 1.54) is 19.1 Å². The van der Waals surface area contributed by atoms with Crippen LogP contribution < -0.4 is 31.2 Å². The van der Waals surface area contributed by atoms with Crippen molar-refractivity contribution in [3.8, 4) is 11.5 Å². The molecule has 0 spiro atoms. The molecule has 1 atom stereocenters. The maximum Gasteiger partial charge on any atom is 0.273 e. The fourth-order valence-corrected chi connectivity index (χ4v) is 4.78. The Hall–Kier alpha value is -4.12. The van der Waals surface area contributed by atoms with Gasteiger partial charge >= 0.3 is 0 Å². The lowest BCUT2D eigenvalue weighted by molar-refractivity contribution is -0.122. The quantitative estimate of drug-likeness (QED) is 0.307. The number of amides is 3. The molecule has 2 aromatic carbocycles. The van der Waals surface area contributed by atoms with E-state index < -0.39 is 23.8 Å². The average molecular weight is 554 g/mol. The molecule has 11 heteroatoms. The van der Waals surface area contributed by atoms with Crippen LogP contribution in [0.1, 0.15) is 64.5 Å². The van der Waals surface area contributed by atoms with E-state index >= 15 is 0 Å². The second-order valence-corrected chi connectivity index (χ2v) is 10.1. The first kappa shape index (κ1) is 29.4. The smallest absolute Gasteiger partial charge is 0.273 e. The molecular formula is C28H35N5O5S. The fourth-order valence-electron chi connectivity index (χ4n) is 4.04. The monoisotopic (exact) mass is 553 g/mol. The molecule has 3 rings (SSSR count). The predicted molar refractivity (Wildman–Crippen MR) is 152 cm³/mol. The Morgan fingerprint density at radius 3 is 2.26 bits per heavy atom. The largest absolute Gasteiger partial charge is 0.493 e. The Morgan fingerprint density at radius 1 is 1.05 bits per heavy atom. The molecule has 5 N–H and O–H groups in total. The number of rotatable bonds is 12. The predicted octanol–water partition coefficient (Wildman–Crippen LogP) is 3.95. The van der Waals surface area contributed by atoms with E-state index in [1.807, 2.05) is 19.1 Å². The molecular weight excluding hydrogens is 518 g/mol. The normalized spacial score (nSPS) is 11.6. The molecule has 208 valence electrons. The van der Waals surface area contributed by atoms with E-state index in [0.29, 0.717) is 35.2 Å². The number of nitrogen functional groups attached to an aromatic ring is 1. The molecule has 0 aliphatic heterocycles. The van der Waals surface area contributed by atoms with Crippen LogP contribution in [0.4, 0.5) is 11.4 Å². The number of nitrogens with one attached hydrogen (secondary N) is 1. The summed E-state index contributed by atoms with van der Waals surface area (Å²) < 4.78 is 14.9. The molecule has 0 aliphatic rings. The van der Waals surface area contributed by atoms with E-state index in [1.54, 1.807) is 30.3 Å². The zero-order valence-electron chi connectivity index (χ0n) is 22.8. The third-order valence-corrected chi connectivity index (χ3v) is 7.10. The molecule has 3 amide bonds.